The van der Waals surface area contributed by atoms with Crippen molar-refractivity contribution in [2.45, 2.75) is 26.6 Å². The van der Waals surface area contributed by atoms with E-state index < -0.39 is 0 Å². The van der Waals surface area contributed by atoms with Crippen molar-refractivity contribution in [2.75, 3.05) is 6.61 Å². The van der Waals surface area contributed by atoms with Crippen LogP contribution in [0.25, 0.3) is 10.9 Å². The maximum atomic E-state index is 13.1. The number of nitrogens with zero attached hydrogens (tertiary/aromatic N) is 1. The predicted octanol–water partition coefficient (Wildman–Crippen LogP) is 4.84. The van der Waals surface area contributed by atoms with Crippen LogP contribution >= 0.6 is 0 Å². The van der Waals surface area contributed by atoms with Crippen molar-refractivity contribution in [1.29, 1.82) is 0 Å². The Labute approximate surface area is 192 Å². The lowest BCUT2D eigenvalue weighted by molar-refractivity contribution is 0.191. The summed E-state index contributed by atoms with van der Waals surface area (Å²) in [5.41, 5.74) is 3.04. The Bertz CT molecular complexity index is 1270. The fourth-order valence-electron chi connectivity index (χ4n) is 3.70. The van der Waals surface area contributed by atoms with Crippen LogP contribution in [0, 0.1) is 0 Å². The van der Waals surface area contributed by atoms with E-state index >= 15 is 0 Å². The van der Waals surface area contributed by atoms with Crippen molar-refractivity contribution in [3.63, 3.8) is 0 Å². The lowest BCUT2D eigenvalue weighted by Gasteiger charge is -2.23. The van der Waals surface area contributed by atoms with Gasteiger partial charge in [-0.05, 0) is 42.3 Å². The van der Waals surface area contributed by atoms with E-state index in [-0.39, 0.29) is 18.1 Å². The zero-order chi connectivity index (χ0) is 23.0. The van der Waals surface area contributed by atoms with Gasteiger partial charge < -0.3 is 19.9 Å². The third-order valence-corrected chi connectivity index (χ3v) is 5.35. The normalized spacial score (nSPS) is 10.7. The standard InChI is InChI=1S/C27H27N3O3/c1-2-33-24-13-14-25-22(16-24)15-23(26(31)29-25)19-30(18-21-11-7-4-8-12-21)27(32)28-17-20-9-5-3-6-10-20/h3-16H,2,17-19H2,1H3,(H,28,32)(H,29,31). The Balaban J connectivity index is 1.59. The fourth-order valence-corrected chi connectivity index (χ4v) is 3.70. The molecule has 0 aliphatic heterocycles. The van der Waals surface area contributed by atoms with Crippen LogP contribution in [0.2, 0.25) is 0 Å². The molecule has 0 aliphatic carbocycles. The molecule has 3 aromatic carbocycles. The molecule has 1 heterocycles. The molecule has 0 bridgehead atoms. The summed E-state index contributed by atoms with van der Waals surface area (Å²) in [6, 6.07) is 26.7. The first-order valence-corrected chi connectivity index (χ1v) is 11.0. The van der Waals surface area contributed by atoms with E-state index in [1.54, 1.807) is 4.90 Å². The number of carbonyl (C=O) groups is 1. The number of amides is 2. The molecule has 0 saturated carbocycles. The van der Waals surface area contributed by atoms with Gasteiger partial charge in [0, 0.05) is 29.6 Å². The molecule has 4 aromatic rings. The summed E-state index contributed by atoms with van der Waals surface area (Å²) in [6.07, 6.45) is 0. The summed E-state index contributed by atoms with van der Waals surface area (Å²) >= 11 is 0. The molecular formula is C27H27N3O3. The molecule has 168 valence electrons. The van der Waals surface area contributed by atoms with Crippen LogP contribution < -0.4 is 15.6 Å². The minimum absolute atomic E-state index is 0.180. The lowest BCUT2D eigenvalue weighted by atomic mass is 10.1. The number of carbonyl (C=O) groups excluding carboxylic acids is 1. The average molecular weight is 442 g/mol. The van der Waals surface area contributed by atoms with E-state index in [0.717, 1.165) is 27.8 Å². The molecule has 0 atom stereocenters. The number of urea groups is 1. The molecule has 6 nitrogen and oxygen atoms in total. The summed E-state index contributed by atoms with van der Waals surface area (Å²) in [4.78, 5) is 30.5. The van der Waals surface area contributed by atoms with Crippen LogP contribution in [0.1, 0.15) is 23.6 Å². The van der Waals surface area contributed by atoms with E-state index in [2.05, 4.69) is 10.3 Å². The van der Waals surface area contributed by atoms with Crippen molar-refractivity contribution >= 4 is 16.9 Å². The van der Waals surface area contributed by atoms with E-state index in [4.69, 9.17) is 4.74 Å². The molecule has 6 heteroatoms. The number of benzene rings is 3. The number of hydrogen-bond donors (Lipinski definition) is 2. The van der Waals surface area contributed by atoms with Gasteiger partial charge in [-0.1, -0.05) is 60.7 Å². The van der Waals surface area contributed by atoms with Crippen LogP contribution in [0.4, 0.5) is 4.79 Å². The summed E-state index contributed by atoms with van der Waals surface area (Å²) in [7, 11) is 0. The molecule has 0 aliphatic rings. The molecule has 2 amide bonds. The molecule has 0 unspecified atom stereocenters. The van der Waals surface area contributed by atoms with Gasteiger partial charge in [0.05, 0.1) is 13.2 Å². The van der Waals surface area contributed by atoms with Gasteiger partial charge in [0.2, 0.25) is 0 Å². The molecular weight excluding hydrogens is 414 g/mol. The van der Waals surface area contributed by atoms with Gasteiger partial charge >= 0.3 is 6.03 Å². The highest BCUT2D eigenvalue weighted by Gasteiger charge is 2.17. The SMILES string of the molecule is CCOc1ccc2[nH]c(=O)c(CN(Cc3ccccc3)C(=O)NCc3ccccc3)cc2c1. The highest BCUT2D eigenvalue weighted by atomic mass is 16.5. The van der Waals surface area contributed by atoms with Crippen molar-refractivity contribution in [3.8, 4) is 5.75 Å². The molecule has 0 saturated heterocycles. The van der Waals surface area contributed by atoms with Gasteiger partial charge in [-0.25, -0.2) is 4.79 Å². The Morgan fingerprint density at radius 3 is 2.30 bits per heavy atom. The molecule has 2 N–H and O–H groups in total. The van der Waals surface area contributed by atoms with Gasteiger partial charge in [-0.2, -0.15) is 0 Å². The number of aromatic nitrogens is 1. The van der Waals surface area contributed by atoms with Crippen molar-refractivity contribution in [1.82, 2.24) is 15.2 Å². The van der Waals surface area contributed by atoms with E-state index in [1.165, 1.54) is 0 Å². The van der Waals surface area contributed by atoms with Crippen LogP contribution in [0.5, 0.6) is 5.75 Å². The third-order valence-electron chi connectivity index (χ3n) is 5.35. The number of aromatic amines is 1. The highest BCUT2D eigenvalue weighted by Crippen LogP contribution is 2.20. The first-order chi connectivity index (χ1) is 16.1. The number of rotatable bonds is 8. The number of pyridine rings is 1. The first-order valence-electron chi connectivity index (χ1n) is 11.0. The average Bonchev–Trinajstić information content (AvgIpc) is 2.84. The summed E-state index contributed by atoms with van der Waals surface area (Å²) in [5, 5.41) is 3.84. The topological polar surface area (TPSA) is 74.4 Å². The van der Waals surface area contributed by atoms with Crippen molar-refractivity contribution < 1.29 is 9.53 Å². The Morgan fingerprint density at radius 2 is 1.61 bits per heavy atom. The summed E-state index contributed by atoms with van der Waals surface area (Å²) < 4.78 is 5.59. The maximum absolute atomic E-state index is 13.1. The zero-order valence-electron chi connectivity index (χ0n) is 18.6. The van der Waals surface area contributed by atoms with E-state index in [1.807, 2.05) is 91.9 Å². The Kier molecular flexibility index (Phi) is 7.05. The Morgan fingerprint density at radius 1 is 0.909 bits per heavy atom. The van der Waals surface area contributed by atoms with Gasteiger partial charge in [0.15, 0.2) is 0 Å². The van der Waals surface area contributed by atoms with Gasteiger partial charge in [-0.15, -0.1) is 0 Å². The van der Waals surface area contributed by atoms with Crippen LogP contribution in [0.3, 0.4) is 0 Å². The summed E-state index contributed by atoms with van der Waals surface area (Å²) in [5.74, 6) is 0.741. The van der Waals surface area contributed by atoms with Gasteiger partial charge in [-0.3, -0.25) is 4.79 Å². The second kappa shape index (κ2) is 10.5. The number of H-pyrrole nitrogens is 1. The minimum atomic E-state index is -0.231. The smallest absolute Gasteiger partial charge is 0.318 e. The van der Waals surface area contributed by atoms with Gasteiger partial charge in [0.25, 0.3) is 5.56 Å². The second-order valence-corrected chi connectivity index (χ2v) is 7.79. The predicted molar refractivity (Wildman–Crippen MR) is 130 cm³/mol. The van der Waals surface area contributed by atoms with Crippen molar-refractivity contribution in [2.24, 2.45) is 0 Å². The molecule has 1 aromatic heterocycles. The number of nitrogens with one attached hydrogen (secondary N) is 2. The molecule has 0 radical (unpaired) electrons. The highest BCUT2D eigenvalue weighted by molar-refractivity contribution is 5.81. The quantitative estimate of drug-likeness (QED) is 0.411. The van der Waals surface area contributed by atoms with E-state index in [9.17, 15) is 9.59 Å². The van der Waals surface area contributed by atoms with Crippen molar-refractivity contribution in [3.05, 3.63) is 112 Å². The fraction of sp³-hybridized carbons (Fsp3) is 0.185. The third kappa shape index (κ3) is 5.80. The van der Waals surface area contributed by atoms with Gasteiger partial charge in [0.1, 0.15) is 5.75 Å². The van der Waals surface area contributed by atoms with Crippen LogP contribution in [0.15, 0.2) is 89.7 Å². The number of hydrogen-bond acceptors (Lipinski definition) is 3. The van der Waals surface area contributed by atoms with E-state index in [0.29, 0.717) is 25.3 Å². The lowest BCUT2D eigenvalue weighted by Crippen LogP contribution is -2.39. The Hall–Kier alpha value is -4.06. The second-order valence-electron chi connectivity index (χ2n) is 7.79. The monoisotopic (exact) mass is 441 g/mol. The molecule has 0 fully saturated rings. The molecule has 33 heavy (non-hydrogen) atoms. The zero-order valence-corrected chi connectivity index (χ0v) is 18.6. The molecule has 4 rings (SSSR count). The first kappa shape index (κ1) is 22.1. The van der Waals surface area contributed by atoms with Crippen LogP contribution in [-0.2, 0) is 19.6 Å². The largest absolute Gasteiger partial charge is 0.494 e. The number of ether oxygens (including phenoxy) is 1. The van der Waals surface area contributed by atoms with Crippen LogP contribution in [-0.4, -0.2) is 22.5 Å². The number of fused-ring (bicyclic) bond motifs is 1. The summed E-state index contributed by atoms with van der Waals surface area (Å²) in [6.45, 7) is 3.47. The maximum Gasteiger partial charge on any atom is 0.318 e. The minimum Gasteiger partial charge on any atom is -0.494 e. The molecule has 0 spiro atoms.